The normalized spacial score (nSPS) is 15.1. The summed E-state index contributed by atoms with van der Waals surface area (Å²) in [5.41, 5.74) is -7.06. The third kappa shape index (κ3) is 3.27. The lowest BCUT2D eigenvalue weighted by Gasteiger charge is -2.31. The van der Waals surface area contributed by atoms with Crippen LogP contribution >= 0.6 is 11.6 Å². The lowest BCUT2D eigenvalue weighted by Crippen LogP contribution is -2.50. The molecule has 0 saturated heterocycles. The zero-order chi connectivity index (χ0) is 16.6. The molecule has 0 saturated carbocycles. The highest BCUT2D eigenvalue weighted by atomic mass is 35.5. The Labute approximate surface area is 121 Å². The molecule has 8 heteroatoms. The van der Waals surface area contributed by atoms with Crippen LogP contribution in [0.4, 0.5) is 30.7 Å². The van der Waals surface area contributed by atoms with Gasteiger partial charge in [0.25, 0.3) is 0 Å². The van der Waals surface area contributed by atoms with Crippen LogP contribution in [-0.4, -0.2) is 12.4 Å². The van der Waals surface area contributed by atoms with E-state index < -0.39 is 34.5 Å². The van der Waals surface area contributed by atoms with Crippen molar-refractivity contribution in [1.29, 1.82) is 0 Å². The van der Waals surface area contributed by atoms with Crippen molar-refractivity contribution in [2.45, 2.75) is 44.2 Å². The van der Waals surface area contributed by atoms with Gasteiger partial charge in [-0.05, 0) is 24.0 Å². The van der Waals surface area contributed by atoms with Gasteiger partial charge in [0.15, 0.2) is 0 Å². The highest BCUT2D eigenvalue weighted by molar-refractivity contribution is 6.30. The van der Waals surface area contributed by atoms with Crippen molar-refractivity contribution in [2.24, 2.45) is 0 Å². The van der Waals surface area contributed by atoms with Crippen LogP contribution in [0.2, 0.25) is 5.02 Å². The van der Waals surface area contributed by atoms with Crippen LogP contribution in [0.5, 0.6) is 0 Å². The standard InChI is InChI=1S/C13H11ClF7/c1-3-7(2)8-4-9(6-10(14)5-8)11(15,12(16,17)18)13(19,20)21/h4,6-7H,3H2,1-2H3. The molecule has 1 rings (SSSR count). The molecule has 0 N–H and O–H groups in total. The Morgan fingerprint density at radius 3 is 1.90 bits per heavy atom. The number of alkyl halides is 7. The van der Waals surface area contributed by atoms with Crippen LogP contribution in [-0.2, 0) is 5.67 Å². The van der Waals surface area contributed by atoms with Crippen molar-refractivity contribution < 1.29 is 30.7 Å². The minimum absolute atomic E-state index is 0.00414. The van der Waals surface area contributed by atoms with E-state index in [9.17, 15) is 30.7 Å². The van der Waals surface area contributed by atoms with Gasteiger partial charge in [0.1, 0.15) is 0 Å². The molecule has 0 aliphatic carbocycles. The van der Waals surface area contributed by atoms with Crippen LogP contribution < -0.4 is 0 Å². The van der Waals surface area contributed by atoms with Gasteiger partial charge in [0.05, 0.1) is 0 Å². The van der Waals surface area contributed by atoms with Gasteiger partial charge in [-0.2, -0.15) is 26.3 Å². The van der Waals surface area contributed by atoms with Crippen LogP contribution in [0.25, 0.3) is 0 Å². The molecule has 0 spiro atoms. The summed E-state index contributed by atoms with van der Waals surface area (Å²) in [5.74, 6) is -0.409. The second-order valence-electron chi connectivity index (χ2n) is 4.64. The molecule has 1 radical (unpaired) electrons. The third-order valence-corrected chi connectivity index (χ3v) is 3.38. The maximum atomic E-state index is 13.9. The topological polar surface area (TPSA) is 0 Å². The summed E-state index contributed by atoms with van der Waals surface area (Å²) in [6, 6.07) is 3.25. The first kappa shape index (κ1) is 18.1. The fraction of sp³-hybridized carbons (Fsp3) is 0.538. The van der Waals surface area contributed by atoms with E-state index >= 15 is 0 Å². The summed E-state index contributed by atoms with van der Waals surface area (Å²) in [7, 11) is 0. The molecule has 1 unspecified atom stereocenters. The van der Waals surface area contributed by atoms with Crippen LogP contribution in [0, 0.1) is 6.07 Å². The minimum Gasteiger partial charge on any atom is -0.218 e. The molecular weight excluding hydrogens is 325 g/mol. The first-order chi connectivity index (χ1) is 9.34. The molecule has 119 valence electrons. The monoisotopic (exact) mass is 335 g/mol. The second kappa shape index (κ2) is 5.66. The number of hydrogen-bond donors (Lipinski definition) is 0. The Balaban J connectivity index is 3.58. The van der Waals surface area contributed by atoms with E-state index in [1.165, 1.54) is 0 Å². The number of halogens is 8. The van der Waals surface area contributed by atoms with E-state index in [2.05, 4.69) is 6.07 Å². The van der Waals surface area contributed by atoms with Crippen molar-refractivity contribution >= 4 is 11.6 Å². The zero-order valence-electron chi connectivity index (χ0n) is 11.0. The van der Waals surface area contributed by atoms with Gasteiger partial charge >= 0.3 is 18.0 Å². The van der Waals surface area contributed by atoms with Crippen molar-refractivity contribution in [2.75, 3.05) is 0 Å². The first-order valence-electron chi connectivity index (χ1n) is 5.90. The quantitative estimate of drug-likeness (QED) is 0.599. The molecule has 1 atom stereocenters. The number of hydrogen-bond acceptors (Lipinski definition) is 0. The molecule has 0 fully saturated rings. The molecule has 1 aromatic rings. The molecule has 0 amide bonds. The Morgan fingerprint density at radius 2 is 1.52 bits per heavy atom. The smallest absolute Gasteiger partial charge is 0.218 e. The summed E-state index contributed by atoms with van der Waals surface area (Å²) in [5, 5.41) is -0.502. The van der Waals surface area contributed by atoms with Gasteiger partial charge in [0.2, 0.25) is 0 Å². The Kier molecular flexibility index (Phi) is 4.87. The molecule has 0 heterocycles. The second-order valence-corrected chi connectivity index (χ2v) is 5.04. The zero-order valence-corrected chi connectivity index (χ0v) is 11.7. The average molecular weight is 336 g/mol. The Morgan fingerprint density at radius 1 is 1.05 bits per heavy atom. The highest BCUT2D eigenvalue weighted by Gasteiger charge is 2.73. The van der Waals surface area contributed by atoms with Crippen LogP contribution in [0.1, 0.15) is 37.3 Å². The maximum absolute atomic E-state index is 13.9. The van der Waals surface area contributed by atoms with Gasteiger partial charge in [-0.25, -0.2) is 4.39 Å². The SMILES string of the molecule is CCC(C)c1[c]c(Cl)cc(C(F)(C(F)(F)F)C(F)(F)F)c1. The maximum Gasteiger partial charge on any atom is 0.435 e. The Bertz CT molecular complexity index is 490. The van der Waals surface area contributed by atoms with Gasteiger partial charge in [-0.1, -0.05) is 31.5 Å². The van der Waals surface area contributed by atoms with Gasteiger partial charge < -0.3 is 0 Å². The summed E-state index contributed by atoms with van der Waals surface area (Å²) in [4.78, 5) is 0. The summed E-state index contributed by atoms with van der Waals surface area (Å²) in [6.45, 7) is 3.24. The molecule has 0 nitrogen and oxygen atoms in total. The van der Waals surface area contributed by atoms with Crippen LogP contribution in [0.3, 0.4) is 0 Å². The van der Waals surface area contributed by atoms with Gasteiger partial charge in [-0.3, -0.25) is 0 Å². The molecule has 0 aromatic heterocycles. The van der Waals surface area contributed by atoms with Crippen molar-refractivity contribution in [3.63, 3.8) is 0 Å². The lowest BCUT2D eigenvalue weighted by molar-refractivity contribution is -0.348. The van der Waals surface area contributed by atoms with Crippen molar-refractivity contribution in [3.05, 3.63) is 34.3 Å². The highest BCUT2D eigenvalue weighted by Crippen LogP contribution is 2.53. The summed E-state index contributed by atoms with van der Waals surface area (Å²) in [6.07, 6.45) is -11.9. The largest absolute Gasteiger partial charge is 0.435 e. The predicted octanol–water partition coefficient (Wildman–Crippen LogP) is 5.94. The fourth-order valence-electron chi connectivity index (χ4n) is 1.73. The van der Waals surface area contributed by atoms with Gasteiger partial charge in [-0.15, -0.1) is 0 Å². The van der Waals surface area contributed by atoms with Crippen molar-refractivity contribution in [1.82, 2.24) is 0 Å². The van der Waals surface area contributed by atoms with E-state index in [1.54, 1.807) is 13.8 Å². The Hall–Kier alpha value is -0.980. The minimum atomic E-state index is -6.15. The van der Waals surface area contributed by atoms with Gasteiger partial charge in [0, 0.05) is 16.7 Å². The molecule has 21 heavy (non-hydrogen) atoms. The van der Waals surface area contributed by atoms with Crippen LogP contribution in [0.15, 0.2) is 12.1 Å². The lowest BCUT2D eigenvalue weighted by atomic mass is 9.89. The average Bonchev–Trinajstić information content (AvgIpc) is 2.33. The molecule has 0 aliphatic rings. The van der Waals surface area contributed by atoms with E-state index in [-0.39, 0.29) is 5.56 Å². The molecular formula is C13H11ClF7. The third-order valence-electron chi connectivity index (χ3n) is 3.18. The van der Waals surface area contributed by atoms with E-state index in [1.807, 2.05) is 0 Å². The fourth-order valence-corrected chi connectivity index (χ4v) is 1.95. The van der Waals surface area contributed by atoms with E-state index in [0.717, 1.165) is 0 Å². The van der Waals surface area contributed by atoms with E-state index in [4.69, 9.17) is 11.6 Å². The summed E-state index contributed by atoms with van der Waals surface area (Å²) >= 11 is 5.50. The first-order valence-corrected chi connectivity index (χ1v) is 6.28. The molecule has 0 bridgehead atoms. The van der Waals surface area contributed by atoms with E-state index in [0.29, 0.717) is 18.6 Å². The molecule has 1 aromatic carbocycles. The van der Waals surface area contributed by atoms with Crippen molar-refractivity contribution in [3.8, 4) is 0 Å². The molecule has 0 aliphatic heterocycles. The number of benzene rings is 1. The summed E-state index contributed by atoms with van der Waals surface area (Å²) < 4.78 is 90.0. The predicted molar refractivity (Wildman–Crippen MR) is 63.9 cm³/mol. The number of rotatable bonds is 3.